The normalized spacial score (nSPS) is 10.6. The van der Waals surface area contributed by atoms with Crippen LogP contribution in [-0.4, -0.2) is 29.9 Å². The van der Waals surface area contributed by atoms with E-state index in [9.17, 15) is 9.59 Å². The number of thiophene rings is 1. The fraction of sp³-hybridized carbons (Fsp3) is 0.333. The van der Waals surface area contributed by atoms with Gasteiger partial charge >= 0.3 is 0 Å². The van der Waals surface area contributed by atoms with E-state index in [2.05, 4.69) is 4.98 Å². The molecule has 0 aromatic carbocycles. The van der Waals surface area contributed by atoms with E-state index in [1.54, 1.807) is 19.0 Å². The number of nitrogens with one attached hydrogen (secondary N) is 1. The van der Waals surface area contributed by atoms with Gasteiger partial charge in [0.2, 0.25) is 0 Å². The van der Waals surface area contributed by atoms with E-state index in [4.69, 9.17) is 0 Å². The topological polar surface area (TPSA) is 53.2 Å². The Bertz CT molecular complexity index is 698. The molecular weight excluding hydrogens is 272 g/mol. The number of hydrogen-bond donors (Lipinski definition) is 1. The molecule has 0 aliphatic carbocycles. The lowest BCUT2D eigenvalue weighted by atomic mass is 10.1. The quantitative estimate of drug-likeness (QED) is 0.945. The Labute approximate surface area is 122 Å². The van der Waals surface area contributed by atoms with Gasteiger partial charge in [-0.3, -0.25) is 9.59 Å². The fourth-order valence-corrected chi connectivity index (χ4v) is 3.10. The minimum Gasteiger partial charge on any atom is -0.344 e. The number of rotatable bonds is 3. The van der Waals surface area contributed by atoms with Gasteiger partial charge in [-0.2, -0.15) is 0 Å². The SMILES string of the molecule is CCc1cc(-c2ccc(C(=O)N(C)C)s2)c(C)[nH]c1=O. The third-order valence-corrected chi connectivity index (χ3v) is 4.29. The van der Waals surface area contributed by atoms with Crippen molar-refractivity contribution in [1.29, 1.82) is 0 Å². The molecule has 2 aromatic rings. The van der Waals surface area contributed by atoms with Crippen molar-refractivity contribution in [2.75, 3.05) is 14.1 Å². The van der Waals surface area contributed by atoms with E-state index in [1.165, 1.54) is 11.3 Å². The minimum atomic E-state index is -0.0325. The van der Waals surface area contributed by atoms with E-state index in [1.807, 2.05) is 32.0 Å². The second-order valence-corrected chi connectivity index (χ2v) is 5.96. The van der Waals surface area contributed by atoms with Gasteiger partial charge in [0.15, 0.2) is 0 Å². The van der Waals surface area contributed by atoms with Crippen molar-refractivity contribution in [3.8, 4) is 10.4 Å². The number of pyridine rings is 1. The maximum absolute atomic E-state index is 11.9. The maximum atomic E-state index is 11.9. The number of nitrogens with zero attached hydrogens (tertiary/aromatic N) is 1. The Kier molecular flexibility index (Phi) is 4.09. The molecule has 4 nitrogen and oxygen atoms in total. The summed E-state index contributed by atoms with van der Waals surface area (Å²) in [5.41, 5.74) is 2.55. The van der Waals surface area contributed by atoms with Gasteiger partial charge in [0.05, 0.1) is 4.88 Å². The van der Waals surface area contributed by atoms with Crippen LogP contribution in [0, 0.1) is 6.92 Å². The van der Waals surface area contributed by atoms with Crippen molar-refractivity contribution in [1.82, 2.24) is 9.88 Å². The first kappa shape index (κ1) is 14.5. The van der Waals surface area contributed by atoms with Crippen LogP contribution in [0.3, 0.4) is 0 Å². The molecule has 0 saturated carbocycles. The lowest BCUT2D eigenvalue weighted by molar-refractivity contribution is 0.0832. The molecule has 2 aromatic heterocycles. The van der Waals surface area contributed by atoms with Crippen LogP contribution in [0.2, 0.25) is 0 Å². The number of hydrogen-bond acceptors (Lipinski definition) is 3. The van der Waals surface area contributed by atoms with Gasteiger partial charge in [0.25, 0.3) is 11.5 Å². The zero-order chi connectivity index (χ0) is 14.9. The summed E-state index contributed by atoms with van der Waals surface area (Å²) in [6.07, 6.45) is 0.692. The van der Waals surface area contributed by atoms with E-state index >= 15 is 0 Å². The Morgan fingerprint density at radius 2 is 2.05 bits per heavy atom. The Balaban J connectivity index is 2.47. The highest BCUT2D eigenvalue weighted by molar-refractivity contribution is 7.17. The standard InChI is InChI=1S/C15H18N2O2S/c1-5-10-8-11(9(2)16-14(10)18)12-6-7-13(20-12)15(19)17(3)4/h6-8H,5H2,1-4H3,(H,16,18). The summed E-state index contributed by atoms with van der Waals surface area (Å²) >= 11 is 1.45. The number of aromatic nitrogens is 1. The summed E-state index contributed by atoms with van der Waals surface area (Å²) in [5.74, 6) is -0.000886. The Morgan fingerprint density at radius 1 is 1.35 bits per heavy atom. The molecule has 106 valence electrons. The van der Waals surface area contributed by atoms with E-state index in [-0.39, 0.29) is 11.5 Å². The minimum absolute atomic E-state index is 0.000886. The van der Waals surface area contributed by atoms with Crippen LogP contribution < -0.4 is 5.56 Å². The first-order chi connectivity index (χ1) is 9.43. The van der Waals surface area contributed by atoms with Gasteiger partial charge in [0.1, 0.15) is 0 Å². The summed E-state index contributed by atoms with van der Waals surface area (Å²) < 4.78 is 0. The second kappa shape index (κ2) is 5.63. The first-order valence-corrected chi connectivity index (χ1v) is 7.30. The molecule has 2 rings (SSSR count). The van der Waals surface area contributed by atoms with Crippen LogP contribution in [0.1, 0.15) is 27.9 Å². The highest BCUT2D eigenvalue weighted by Gasteiger charge is 2.14. The molecule has 1 amide bonds. The number of aromatic amines is 1. The highest BCUT2D eigenvalue weighted by Crippen LogP contribution is 2.30. The Hall–Kier alpha value is -1.88. The van der Waals surface area contributed by atoms with Gasteiger partial charge in [-0.05, 0) is 31.5 Å². The lowest BCUT2D eigenvalue weighted by Crippen LogP contribution is -2.20. The molecule has 0 fully saturated rings. The molecule has 0 aliphatic heterocycles. The van der Waals surface area contributed by atoms with Gasteiger partial charge in [-0.25, -0.2) is 0 Å². The number of H-pyrrole nitrogens is 1. The molecule has 0 bridgehead atoms. The summed E-state index contributed by atoms with van der Waals surface area (Å²) in [6.45, 7) is 3.84. The third-order valence-electron chi connectivity index (χ3n) is 3.18. The number of amides is 1. The van der Waals surface area contributed by atoms with E-state index in [0.29, 0.717) is 11.3 Å². The van der Waals surface area contributed by atoms with Gasteiger partial charge in [-0.1, -0.05) is 6.92 Å². The van der Waals surface area contributed by atoms with Crippen molar-refractivity contribution in [3.63, 3.8) is 0 Å². The smallest absolute Gasteiger partial charge is 0.263 e. The molecule has 5 heteroatoms. The molecule has 0 radical (unpaired) electrons. The van der Waals surface area contributed by atoms with Crippen LogP contribution in [0.4, 0.5) is 0 Å². The van der Waals surface area contributed by atoms with Crippen LogP contribution in [0.5, 0.6) is 0 Å². The fourth-order valence-electron chi connectivity index (χ4n) is 2.00. The average molecular weight is 290 g/mol. The molecular formula is C15H18N2O2S. The lowest BCUT2D eigenvalue weighted by Gasteiger charge is -2.08. The molecule has 0 unspecified atom stereocenters. The summed E-state index contributed by atoms with van der Waals surface area (Å²) in [5, 5.41) is 0. The van der Waals surface area contributed by atoms with Crippen LogP contribution in [0.25, 0.3) is 10.4 Å². The molecule has 0 spiro atoms. The van der Waals surface area contributed by atoms with Gasteiger partial charge in [-0.15, -0.1) is 11.3 Å². The zero-order valence-corrected chi connectivity index (χ0v) is 12.9. The average Bonchev–Trinajstić information content (AvgIpc) is 2.87. The van der Waals surface area contributed by atoms with Crippen LogP contribution in [0.15, 0.2) is 23.0 Å². The first-order valence-electron chi connectivity index (χ1n) is 6.48. The molecule has 0 aliphatic rings. The molecule has 2 heterocycles. The van der Waals surface area contributed by atoms with Crippen molar-refractivity contribution in [2.24, 2.45) is 0 Å². The van der Waals surface area contributed by atoms with E-state index < -0.39 is 0 Å². The number of aryl methyl sites for hydroxylation is 2. The number of carbonyl (C=O) groups excluding carboxylic acids is 1. The Morgan fingerprint density at radius 3 is 2.65 bits per heavy atom. The van der Waals surface area contributed by atoms with Crippen LogP contribution in [-0.2, 0) is 6.42 Å². The molecule has 0 saturated heterocycles. The van der Waals surface area contributed by atoms with E-state index in [0.717, 1.165) is 21.7 Å². The van der Waals surface area contributed by atoms with Crippen molar-refractivity contribution >= 4 is 17.2 Å². The summed E-state index contributed by atoms with van der Waals surface area (Å²) in [4.78, 5) is 29.8. The van der Waals surface area contributed by atoms with Gasteiger partial charge in [0, 0.05) is 35.8 Å². The predicted molar refractivity (Wildman–Crippen MR) is 82.5 cm³/mol. The third kappa shape index (κ3) is 2.67. The predicted octanol–water partition coefficient (Wildman–Crippen LogP) is 2.68. The zero-order valence-electron chi connectivity index (χ0n) is 12.1. The van der Waals surface area contributed by atoms with Crippen molar-refractivity contribution in [3.05, 3.63) is 44.7 Å². The molecule has 1 N–H and O–H groups in total. The number of carbonyl (C=O) groups is 1. The highest BCUT2D eigenvalue weighted by atomic mass is 32.1. The molecule has 0 atom stereocenters. The van der Waals surface area contributed by atoms with Gasteiger partial charge < -0.3 is 9.88 Å². The summed E-state index contributed by atoms with van der Waals surface area (Å²) in [7, 11) is 3.48. The van der Waals surface area contributed by atoms with Crippen molar-refractivity contribution in [2.45, 2.75) is 20.3 Å². The molecule has 20 heavy (non-hydrogen) atoms. The second-order valence-electron chi connectivity index (χ2n) is 4.88. The monoisotopic (exact) mass is 290 g/mol. The van der Waals surface area contributed by atoms with Crippen LogP contribution >= 0.6 is 11.3 Å². The van der Waals surface area contributed by atoms with Crippen molar-refractivity contribution < 1.29 is 4.79 Å². The largest absolute Gasteiger partial charge is 0.344 e. The maximum Gasteiger partial charge on any atom is 0.263 e. The summed E-state index contributed by atoms with van der Waals surface area (Å²) in [6, 6.07) is 5.68.